The molecule has 4 heteroatoms. The van der Waals surface area contributed by atoms with Crippen LogP contribution < -0.4 is 14.5 Å². The lowest BCUT2D eigenvalue weighted by Crippen LogP contribution is -2.36. The quantitative estimate of drug-likeness (QED) is 0.0682. The van der Waals surface area contributed by atoms with Gasteiger partial charge in [-0.1, -0.05) is 198 Å². The maximum Gasteiger partial charge on any atom is 0.118 e. The molecule has 8 aliphatic rings. The van der Waals surface area contributed by atoms with E-state index in [2.05, 4.69) is 245 Å². The first kappa shape index (κ1) is 56.3. The first-order valence-corrected chi connectivity index (χ1v) is 34.8. The molecule has 0 N–H and O–H groups in total. The standard InChI is InChI=1S/C80H89N2OSi/c1-7-56-24-28-60(29-25-56)62-36-48-77-73(52-62)74-53-63(37-49-78(74)82(77)66-20-13-10-14-21-66)61-34-42-68(43-35-61)81(67-40-32-59(33-41-67)58-30-38-64(39-31-58)79(3,4)5)69-44-47-72-71-22-15-16-23-75(71)80(76(72)54-69,65-18-11-9-12-19-65)50-17-51-84(6)55-83-70-45-26-57(8-2)27-46-70/h7-9,11-12,15-16,18-20,22-24,26-28,30,32-35,37,40-43,45-49,53-54,56,60,62,64,69,71,73,75H,1-2,10,13-14,17,21,25,29,31,36,38-39,44,50-52,55H2,3-6H3/t56?,60?,62?,64-,69?,71?,73?,75?,80?/m0/s1. The Labute approximate surface area is 506 Å². The van der Waals surface area contributed by atoms with Crippen molar-refractivity contribution in [1.29, 1.82) is 0 Å². The topological polar surface area (TPSA) is 15.7 Å². The highest BCUT2D eigenvalue weighted by Crippen LogP contribution is 2.61. The van der Waals surface area contributed by atoms with E-state index in [0.29, 0.717) is 40.9 Å². The third-order valence-electron chi connectivity index (χ3n) is 21.1. The van der Waals surface area contributed by atoms with Crippen LogP contribution in [0.4, 0.5) is 17.1 Å². The molecule has 1 fully saturated rings. The lowest BCUT2D eigenvalue weighted by molar-refractivity contribution is 0.225. The van der Waals surface area contributed by atoms with E-state index >= 15 is 0 Å². The first-order chi connectivity index (χ1) is 41.1. The van der Waals surface area contributed by atoms with Gasteiger partial charge in [-0.25, -0.2) is 0 Å². The van der Waals surface area contributed by atoms with Gasteiger partial charge in [-0.15, -0.1) is 6.58 Å². The Kier molecular flexibility index (Phi) is 16.2. The van der Waals surface area contributed by atoms with Crippen molar-refractivity contribution in [1.82, 2.24) is 0 Å². The Hall–Kier alpha value is -6.88. The second kappa shape index (κ2) is 24.2. The molecule has 8 unspecified atom stereocenters. The van der Waals surface area contributed by atoms with Crippen molar-refractivity contribution in [3.63, 3.8) is 0 Å². The summed E-state index contributed by atoms with van der Waals surface area (Å²) in [4.78, 5) is 5.38. The molecule has 0 aromatic heterocycles. The Morgan fingerprint density at radius 3 is 2.21 bits per heavy atom. The van der Waals surface area contributed by atoms with Gasteiger partial charge in [0.2, 0.25) is 0 Å². The number of hydrogen-bond donors (Lipinski definition) is 0. The Morgan fingerprint density at radius 2 is 1.51 bits per heavy atom. The Morgan fingerprint density at radius 1 is 0.738 bits per heavy atom. The second-order valence-electron chi connectivity index (χ2n) is 27.1. The molecule has 3 nitrogen and oxygen atoms in total. The largest absolute Gasteiger partial charge is 0.497 e. The molecule has 1 radical (unpaired) electrons. The summed E-state index contributed by atoms with van der Waals surface area (Å²) in [5.41, 5.74) is 19.8. The fourth-order valence-electron chi connectivity index (χ4n) is 16.4. The molecule has 13 rings (SSSR count). The fraction of sp³-hybridized carbons (Fsp3) is 0.375. The number of allylic oxidation sites excluding steroid dienone is 15. The summed E-state index contributed by atoms with van der Waals surface area (Å²) in [6.45, 7) is 17.8. The van der Waals surface area contributed by atoms with E-state index in [1.165, 1.54) is 137 Å². The monoisotopic (exact) mass is 1120 g/mol. The van der Waals surface area contributed by atoms with E-state index in [4.69, 9.17) is 4.74 Å². The van der Waals surface area contributed by atoms with Crippen molar-refractivity contribution in [3.05, 3.63) is 252 Å². The summed E-state index contributed by atoms with van der Waals surface area (Å²) < 4.78 is 6.43. The fourth-order valence-corrected chi connectivity index (χ4v) is 17.7. The van der Waals surface area contributed by atoms with Crippen LogP contribution in [-0.4, -0.2) is 21.1 Å². The molecule has 0 spiro atoms. The molecule has 1 saturated carbocycles. The molecular weight excluding hydrogens is 1030 g/mol. The van der Waals surface area contributed by atoms with Crippen LogP contribution in [0.1, 0.15) is 139 Å². The predicted molar refractivity (Wildman–Crippen MR) is 359 cm³/mol. The van der Waals surface area contributed by atoms with Crippen molar-refractivity contribution in [3.8, 4) is 16.9 Å². The van der Waals surface area contributed by atoms with Crippen LogP contribution in [0.2, 0.25) is 12.6 Å². The number of ether oxygens (including phenoxy) is 1. The Bertz CT molecular complexity index is 3470. The molecule has 1 aliphatic heterocycles. The van der Waals surface area contributed by atoms with E-state index in [1.54, 1.807) is 0 Å². The summed E-state index contributed by atoms with van der Waals surface area (Å²) >= 11 is 0. The van der Waals surface area contributed by atoms with Crippen molar-refractivity contribution < 1.29 is 4.74 Å². The molecule has 5 aromatic carbocycles. The SMILES string of the molecule is C=Cc1ccc(OC[Si](C)CCCC2(c3ccccc3)C3=CC(N(c4ccc(C5=CC[C@H](C(C)(C)C)CC5)cc4)c4ccc(-c5ccc6c(c5)C5CC(C7C=CC(C=C)CC7)CC=C5N6C5=CCCCC5)cc4)CC=C3C3C=CC=CC32)cc1. The zero-order valence-electron chi connectivity index (χ0n) is 50.7. The van der Waals surface area contributed by atoms with Gasteiger partial charge in [0.05, 0.1) is 21.1 Å². The van der Waals surface area contributed by atoms with Gasteiger partial charge in [-0.2, -0.15) is 0 Å². The molecule has 0 saturated heterocycles. The number of benzene rings is 5. The smallest absolute Gasteiger partial charge is 0.118 e. The molecule has 5 aromatic rings. The van der Waals surface area contributed by atoms with Crippen LogP contribution in [0, 0.1) is 40.9 Å². The van der Waals surface area contributed by atoms with Gasteiger partial charge in [-0.05, 0) is 211 Å². The van der Waals surface area contributed by atoms with Crippen molar-refractivity contribution in [2.24, 2.45) is 40.9 Å². The minimum Gasteiger partial charge on any atom is -0.497 e. The molecule has 429 valence electrons. The van der Waals surface area contributed by atoms with Crippen LogP contribution in [0.25, 0.3) is 22.8 Å². The maximum absolute atomic E-state index is 6.43. The first-order valence-electron chi connectivity index (χ1n) is 32.4. The lowest BCUT2D eigenvalue weighted by atomic mass is 9.64. The van der Waals surface area contributed by atoms with Crippen molar-refractivity contribution in [2.45, 2.75) is 141 Å². The number of rotatable bonds is 17. The normalized spacial score (nSPS) is 26.9. The summed E-state index contributed by atoms with van der Waals surface area (Å²) in [6, 6.07) is 48.2. The minimum atomic E-state index is -0.756. The molecule has 84 heavy (non-hydrogen) atoms. The highest BCUT2D eigenvalue weighted by atomic mass is 28.3. The molecule has 9 atom stereocenters. The van der Waals surface area contributed by atoms with Gasteiger partial charge < -0.3 is 14.5 Å². The van der Waals surface area contributed by atoms with Gasteiger partial charge in [0.15, 0.2) is 0 Å². The van der Waals surface area contributed by atoms with Crippen LogP contribution in [0.15, 0.2) is 230 Å². The maximum atomic E-state index is 6.43. The van der Waals surface area contributed by atoms with Gasteiger partial charge >= 0.3 is 0 Å². The summed E-state index contributed by atoms with van der Waals surface area (Å²) in [6.07, 6.45) is 49.2. The van der Waals surface area contributed by atoms with E-state index in [9.17, 15) is 0 Å². The molecule has 0 bridgehead atoms. The second-order valence-corrected chi connectivity index (χ2v) is 29.8. The minimum absolute atomic E-state index is 0.121. The molecular formula is C80H89N2OSi. The van der Waals surface area contributed by atoms with Crippen LogP contribution >= 0.6 is 0 Å². The zero-order chi connectivity index (χ0) is 57.4. The number of hydrogen-bond acceptors (Lipinski definition) is 3. The summed E-state index contributed by atoms with van der Waals surface area (Å²) in [7, 11) is -0.756. The van der Waals surface area contributed by atoms with E-state index in [-0.39, 0.29) is 11.5 Å². The molecule has 1 heterocycles. The van der Waals surface area contributed by atoms with Gasteiger partial charge in [0.25, 0.3) is 0 Å². The third kappa shape index (κ3) is 11.1. The summed E-state index contributed by atoms with van der Waals surface area (Å²) in [5, 5.41) is 0. The average molecular weight is 1120 g/mol. The zero-order valence-corrected chi connectivity index (χ0v) is 51.7. The highest BCUT2D eigenvalue weighted by molar-refractivity contribution is 6.57. The van der Waals surface area contributed by atoms with Gasteiger partial charge in [-0.3, -0.25) is 0 Å². The third-order valence-corrected chi connectivity index (χ3v) is 23.0. The van der Waals surface area contributed by atoms with Crippen LogP contribution in [-0.2, 0) is 5.41 Å². The van der Waals surface area contributed by atoms with Crippen LogP contribution in [0.3, 0.4) is 0 Å². The van der Waals surface area contributed by atoms with Gasteiger partial charge in [0.1, 0.15) is 5.75 Å². The average Bonchev–Trinajstić information content (AvgIpc) is 1.94. The number of nitrogens with zero attached hydrogens (tertiary/aromatic N) is 2. The van der Waals surface area contributed by atoms with Crippen molar-refractivity contribution in [2.75, 3.05) is 16.0 Å². The van der Waals surface area contributed by atoms with E-state index in [0.717, 1.165) is 55.6 Å². The van der Waals surface area contributed by atoms with Gasteiger partial charge in [0, 0.05) is 51.6 Å². The Balaban J connectivity index is 0.842. The highest BCUT2D eigenvalue weighted by Gasteiger charge is 2.54. The summed E-state index contributed by atoms with van der Waals surface area (Å²) in [5.74, 6) is 4.63. The van der Waals surface area contributed by atoms with Crippen molar-refractivity contribution >= 4 is 37.5 Å². The molecule has 0 amide bonds. The predicted octanol–water partition coefficient (Wildman–Crippen LogP) is 21.2. The van der Waals surface area contributed by atoms with E-state index in [1.807, 2.05) is 6.08 Å². The van der Waals surface area contributed by atoms with Crippen LogP contribution in [0.5, 0.6) is 5.75 Å². The number of fused-ring (bicyclic) bond motifs is 6. The van der Waals surface area contributed by atoms with E-state index < -0.39 is 8.80 Å². The number of anilines is 3. The lowest BCUT2D eigenvalue weighted by Gasteiger charge is -2.40. The molecule has 7 aliphatic carbocycles.